The molecule has 0 spiro atoms. The summed E-state index contributed by atoms with van der Waals surface area (Å²) in [7, 11) is 0. The van der Waals surface area contributed by atoms with Crippen LogP contribution in [0.1, 0.15) is 0 Å². The average molecular weight is 194 g/mol. The van der Waals surface area contributed by atoms with Gasteiger partial charge in [-0.2, -0.15) is 10.5 Å². The molecule has 0 saturated heterocycles. The molecule has 0 radical (unpaired) electrons. The van der Waals surface area contributed by atoms with Gasteiger partial charge in [0, 0.05) is 0 Å². The fraction of sp³-hybridized carbons (Fsp3) is 0.200. The van der Waals surface area contributed by atoms with E-state index in [1.807, 2.05) is 0 Å². The molecule has 0 unspecified atom stereocenters. The summed E-state index contributed by atoms with van der Waals surface area (Å²) in [5.41, 5.74) is 0. The number of ether oxygens (including phenoxy) is 2. The number of carbonyl (C=O) groups is 2. The van der Waals surface area contributed by atoms with E-state index >= 15 is 0 Å². The van der Waals surface area contributed by atoms with Crippen LogP contribution in [0, 0.1) is 22.7 Å². The summed E-state index contributed by atoms with van der Waals surface area (Å²) in [4.78, 5) is 19.4. The number of rotatable bonds is 4. The predicted molar refractivity (Wildman–Crippen MR) is 30.2 cm³/mol. The first kappa shape index (κ1) is 17.8. The van der Waals surface area contributed by atoms with E-state index in [0.717, 1.165) is 0 Å². The maximum atomic E-state index is 9.69. The molecule has 13 heavy (non-hydrogen) atoms. The molecule has 0 aliphatic carbocycles. The Morgan fingerprint density at radius 3 is 1.54 bits per heavy atom. The fourth-order valence-electron chi connectivity index (χ4n) is 0.294. The SMILES string of the molecule is N#CC(C#N)(OC=O)OC=O.[Na+].[OH-]. The van der Waals surface area contributed by atoms with Gasteiger partial charge in [0.15, 0.2) is 12.1 Å². The Hall–Kier alpha value is -1.12. The molecule has 0 aliphatic rings. The van der Waals surface area contributed by atoms with E-state index in [-0.39, 0.29) is 48.0 Å². The molecule has 0 aromatic heterocycles. The Labute approximate surface area is 95.4 Å². The number of nitriles is 2. The smallest absolute Gasteiger partial charge is 0.870 e. The van der Waals surface area contributed by atoms with Crippen LogP contribution in [0.2, 0.25) is 0 Å². The van der Waals surface area contributed by atoms with Crippen molar-refractivity contribution in [3.63, 3.8) is 0 Å². The molecule has 8 heteroatoms. The number of hydrogen-bond acceptors (Lipinski definition) is 7. The summed E-state index contributed by atoms with van der Waals surface area (Å²) < 4.78 is 7.82. The van der Waals surface area contributed by atoms with Crippen LogP contribution in [0.15, 0.2) is 0 Å². The molecule has 0 aromatic carbocycles. The molecule has 0 aromatic rings. The van der Waals surface area contributed by atoms with Crippen LogP contribution in [0.25, 0.3) is 0 Å². The second-order valence-electron chi connectivity index (χ2n) is 1.27. The van der Waals surface area contributed by atoms with Gasteiger partial charge in [-0.1, -0.05) is 0 Å². The molecule has 0 rings (SSSR count). The van der Waals surface area contributed by atoms with Gasteiger partial charge in [0.2, 0.25) is 0 Å². The third-order valence-corrected chi connectivity index (χ3v) is 0.723. The van der Waals surface area contributed by atoms with Gasteiger partial charge in [0.1, 0.15) is 0 Å². The minimum atomic E-state index is -2.44. The molecule has 7 nitrogen and oxygen atoms in total. The summed E-state index contributed by atoms with van der Waals surface area (Å²) in [5.74, 6) is -2.44. The van der Waals surface area contributed by atoms with Crippen LogP contribution in [0.3, 0.4) is 0 Å². The first-order valence-corrected chi connectivity index (χ1v) is 2.30. The summed E-state index contributed by atoms with van der Waals surface area (Å²) in [6.07, 6.45) is 0. The average Bonchev–Trinajstić information content (AvgIpc) is 2.04. The maximum Gasteiger partial charge on any atom is 1.00 e. The van der Waals surface area contributed by atoms with Gasteiger partial charge in [0.05, 0.1) is 0 Å². The van der Waals surface area contributed by atoms with Crippen LogP contribution in [0.5, 0.6) is 0 Å². The Morgan fingerprint density at radius 2 is 1.38 bits per heavy atom. The van der Waals surface area contributed by atoms with Crippen LogP contribution < -0.4 is 29.6 Å². The predicted octanol–water partition coefficient (Wildman–Crippen LogP) is -4.10. The van der Waals surface area contributed by atoms with E-state index in [4.69, 9.17) is 10.5 Å². The second-order valence-corrected chi connectivity index (χ2v) is 1.27. The molecule has 0 heterocycles. The van der Waals surface area contributed by atoms with Crippen molar-refractivity contribution >= 4 is 12.9 Å². The van der Waals surface area contributed by atoms with E-state index in [2.05, 4.69) is 9.47 Å². The summed E-state index contributed by atoms with van der Waals surface area (Å²) in [5, 5.41) is 16.4. The van der Waals surface area contributed by atoms with E-state index in [9.17, 15) is 9.59 Å². The summed E-state index contributed by atoms with van der Waals surface area (Å²) in [6, 6.07) is 2.40. The zero-order valence-corrected chi connectivity index (χ0v) is 8.63. The van der Waals surface area contributed by atoms with E-state index in [0.29, 0.717) is 0 Å². The first-order valence-electron chi connectivity index (χ1n) is 2.30. The Balaban J connectivity index is -0.000000500. The zero-order valence-electron chi connectivity index (χ0n) is 6.63. The van der Waals surface area contributed by atoms with Gasteiger partial charge in [-0.15, -0.1) is 0 Å². The molecular formula is C5H3N2NaO5. The van der Waals surface area contributed by atoms with Gasteiger partial charge in [-0.25, -0.2) is 0 Å². The summed E-state index contributed by atoms with van der Waals surface area (Å²) in [6.45, 7) is -0.314. The van der Waals surface area contributed by atoms with Gasteiger partial charge in [-0.05, 0) is 0 Å². The molecule has 64 valence electrons. The van der Waals surface area contributed by atoms with Crippen LogP contribution in [0.4, 0.5) is 0 Å². The molecule has 0 atom stereocenters. The van der Waals surface area contributed by atoms with Crippen molar-refractivity contribution in [2.24, 2.45) is 0 Å². The van der Waals surface area contributed by atoms with Gasteiger partial charge < -0.3 is 14.9 Å². The van der Waals surface area contributed by atoms with Gasteiger partial charge in [-0.3, -0.25) is 9.59 Å². The molecule has 0 saturated carbocycles. The van der Waals surface area contributed by atoms with E-state index in [1.165, 1.54) is 12.1 Å². The number of carbonyl (C=O) groups excluding carboxylic acids is 2. The number of hydrogen-bond donors (Lipinski definition) is 0. The summed E-state index contributed by atoms with van der Waals surface area (Å²) >= 11 is 0. The standard InChI is InChI=1S/C5H2N2O4.Na.H2O/c6-1-5(2-7,10-3-8)11-4-9;;/h3-4H;;1H2/q;+1;/p-1. The third kappa shape index (κ3) is 5.17. The zero-order chi connectivity index (χ0) is 8.74. The van der Waals surface area contributed by atoms with Crippen LogP contribution in [-0.4, -0.2) is 24.2 Å². The van der Waals surface area contributed by atoms with Crippen molar-refractivity contribution in [3.8, 4) is 12.1 Å². The molecule has 0 aliphatic heterocycles. The Morgan fingerprint density at radius 1 is 1.08 bits per heavy atom. The molecular weight excluding hydrogens is 191 g/mol. The molecule has 0 amide bonds. The quantitative estimate of drug-likeness (QED) is 0.252. The first-order chi connectivity index (χ1) is 5.24. The number of nitrogens with zero attached hydrogens (tertiary/aromatic N) is 2. The third-order valence-electron chi connectivity index (χ3n) is 0.723. The van der Waals surface area contributed by atoms with Crippen LogP contribution >= 0.6 is 0 Å². The van der Waals surface area contributed by atoms with E-state index in [1.54, 1.807) is 0 Å². The largest absolute Gasteiger partial charge is 1.00 e. The van der Waals surface area contributed by atoms with Crippen molar-refractivity contribution < 1.29 is 54.1 Å². The monoisotopic (exact) mass is 194 g/mol. The Bertz CT molecular complexity index is 216. The topological polar surface area (TPSA) is 130 Å². The van der Waals surface area contributed by atoms with Gasteiger partial charge >= 0.3 is 35.3 Å². The van der Waals surface area contributed by atoms with Crippen molar-refractivity contribution in [3.05, 3.63) is 0 Å². The molecule has 1 N–H and O–H groups in total. The minimum Gasteiger partial charge on any atom is -0.870 e. The van der Waals surface area contributed by atoms with Crippen molar-refractivity contribution in [1.82, 2.24) is 0 Å². The van der Waals surface area contributed by atoms with Crippen molar-refractivity contribution in [2.75, 3.05) is 0 Å². The van der Waals surface area contributed by atoms with E-state index < -0.39 is 5.79 Å². The minimum absolute atomic E-state index is 0. The van der Waals surface area contributed by atoms with Crippen molar-refractivity contribution in [2.45, 2.75) is 5.79 Å². The van der Waals surface area contributed by atoms with Crippen molar-refractivity contribution in [1.29, 1.82) is 10.5 Å². The normalized spacial score (nSPS) is 7.23. The molecule has 0 bridgehead atoms. The molecule has 0 fully saturated rings. The van der Waals surface area contributed by atoms with Crippen LogP contribution in [-0.2, 0) is 19.1 Å². The maximum absolute atomic E-state index is 9.69. The van der Waals surface area contributed by atoms with Gasteiger partial charge in [0.25, 0.3) is 12.9 Å². The second kappa shape index (κ2) is 8.97. The fourth-order valence-corrected chi connectivity index (χ4v) is 0.294. The Kier molecular flexibility index (Phi) is 12.3.